The standard InChI is InChI=1S/C23H18F7NO5S2/c1-14(31-38(34,35)23(28,29)30)16-8-6-15(7-9-16)12-17-10-11-18(36-22(25,26)27)13-21(17)37(32,33)20-5-3-2-4-19(20)24/h2-11,13-14,31H,12H2,1H3. The zero-order chi connectivity index (χ0) is 28.5. The Kier molecular flexibility index (Phi) is 8.15. The molecule has 0 bridgehead atoms. The summed E-state index contributed by atoms with van der Waals surface area (Å²) in [5.41, 5.74) is -5.02. The fourth-order valence-corrected chi connectivity index (χ4v) is 5.73. The molecule has 0 fully saturated rings. The summed E-state index contributed by atoms with van der Waals surface area (Å²) in [5, 5.41) is 0. The fourth-order valence-electron chi connectivity index (χ4n) is 3.42. The van der Waals surface area contributed by atoms with Crippen molar-refractivity contribution in [1.82, 2.24) is 4.72 Å². The van der Waals surface area contributed by atoms with Gasteiger partial charge in [0.25, 0.3) is 0 Å². The lowest BCUT2D eigenvalue weighted by Gasteiger charge is -2.17. The van der Waals surface area contributed by atoms with Crippen LogP contribution in [-0.4, -0.2) is 28.7 Å². The van der Waals surface area contributed by atoms with Gasteiger partial charge in [0, 0.05) is 6.04 Å². The van der Waals surface area contributed by atoms with E-state index in [1.165, 1.54) is 48.0 Å². The third kappa shape index (κ3) is 6.82. The molecular weight excluding hydrogens is 567 g/mol. The van der Waals surface area contributed by atoms with Gasteiger partial charge in [0.2, 0.25) is 9.84 Å². The van der Waals surface area contributed by atoms with Gasteiger partial charge in [-0.2, -0.15) is 13.2 Å². The summed E-state index contributed by atoms with van der Waals surface area (Å²) in [6.45, 7) is 1.18. The van der Waals surface area contributed by atoms with E-state index >= 15 is 0 Å². The van der Waals surface area contributed by atoms with Crippen LogP contribution in [0.5, 0.6) is 5.75 Å². The third-order valence-corrected chi connectivity index (χ3v) is 8.34. The number of sulfone groups is 1. The van der Waals surface area contributed by atoms with Crippen molar-refractivity contribution in [3.63, 3.8) is 0 Å². The van der Waals surface area contributed by atoms with Gasteiger partial charge < -0.3 is 4.74 Å². The maximum Gasteiger partial charge on any atom is 0.573 e. The first-order chi connectivity index (χ1) is 17.4. The second kappa shape index (κ2) is 10.5. The molecule has 0 aliphatic heterocycles. The molecule has 1 N–H and O–H groups in total. The molecule has 15 heteroatoms. The molecule has 0 aromatic heterocycles. The molecular formula is C23H18F7NO5S2. The SMILES string of the molecule is CC(NS(=O)(=O)C(F)(F)F)c1ccc(Cc2ccc(OC(F)(F)F)cc2S(=O)(=O)c2ccccc2F)cc1. The van der Waals surface area contributed by atoms with Crippen molar-refractivity contribution in [1.29, 1.82) is 0 Å². The number of hydrogen-bond donors (Lipinski definition) is 1. The molecule has 0 saturated carbocycles. The van der Waals surface area contributed by atoms with Crippen LogP contribution in [0.1, 0.15) is 29.7 Å². The lowest BCUT2D eigenvalue weighted by Crippen LogP contribution is -2.37. The summed E-state index contributed by atoms with van der Waals surface area (Å²) in [6, 6.07) is 10.9. The van der Waals surface area contributed by atoms with Crippen LogP contribution in [0.3, 0.4) is 0 Å². The number of halogens is 7. The monoisotopic (exact) mass is 585 g/mol. The van der Waals surface area contributed by atoms with Gasteiger partial charge in [-0.1, -0.05) is 42.5 Å². The summed E-state index contributed by atoms with van der Waals surface area (Å²) in [7, 11) is -10.3. The molecule has 0 amide bonds. The van der Waals surface area contributed by atoms with Crippen molar-refractivity contribution >= 4 is 19.9 Å². The molecule has 1 unspecified atom stereocenters. The molecule has 1 atom stereocenters. The van der Waals surface area contributed by atoms with Crippen molar-refractivity contribution in [2.24, 2.45) is 0 Å². The Bertz CT molecular complexity index is 1520. The highest BCUT2D eigenvalue weighted by Crippen LogP contribution is 2.33. The van der Waals surface area contributed by atoms with Gasteiger partial charge in [-0.05, 0) is 54.3 Å². The largest absolute Gasteiger partial charge is 0.573 e. The summed E-state index contributed by atoms with van der Waals surface area (Å²) >= 11 is 0. The van der Waals surface area contributed by atoms with Gasteiger partial charge in [-0.15, -0.1) is 13.2 Å². The van der Waals surface area contributed by atoms with Crippen LogP contribution in [0.15, 0.2) is 76.5 Å². The molecule has 3 rings (SSSR count). The van der Waals surface area contributed by atoms with E-state index < -0.39 is 59.1 Å². The van der Waals surface area contributed by atoms with E-state index in [4.69, 9.17) is 0 Å². The van der Waals surface area contributed by atoms with E-state index in [1.54, 1.807) is 0 Å². The fraction of sp³-hybridized carbons (Fsp3) is 0.217. The second-order valence-electron chi connectivity index (χ2n) is 7.96. The maximum absolute atomic E-state index is 14.3. The van der Waals surface area contributed by atoms with E-state index in [1.807, 2.05) is 0 Å². The minimum Gasteiger partial charge on any atom is -0.406 e. The molecule has 0 heterocycles. The van der Waals surface area contributed by atoms with E-state index in [-0.39, 0.29) is 17.5 Å². The number of ether oxygens (including phenoxy) is 1. The van der Waals surface area contributed by atoms with Gasteiger partial charge >= 0.3 is 21.9 Å². The minimum absolute atomic E-state index is 0.0265. The highest BCUT2D eigenvalue weighted by atomic mass is 32.2. The molecule has 3 aromatic rings. The Balaban J connectivity index is 1.97. The Morgan fingerprint density at radius 1 is 0.842 bits per heavy atom. The lowest BCUT2D eigenvalue weighted by atomic mass is 10.0. The van der Waals surface area contributed by atoms with E-state index in [0.717, 1.165) is 24.3 Å². The van der Waals surface area contributed by atoms with Crippen LogP contribution < -0.4 is 9.46 Å². The number of alkyl halides is 6. The molecule has 0 radical (unpaired) electrons. The molecule has 0 saturated heterocycles. The predicted octanol–water partition coefficient (Wildman–Crippen LogP) is 5.65. The van der Waals surface area contributed by atoms with Crippen molar-refractivity contribution < 1.29 is 52.3 Å². The van der Waals surface area contributed by atoms with E-state index in [0.29, 0.717) is 11.6 Å². The van der Waals surface area contributed by atoms with Gasteiger partial charge in [0.15, 0.2) is 0 Å². The van der Waals surface area contributed by atoms with Gasteiger partial charge in [0.1, 0.15) is 16.5 Å². The van der Waals surface area contributed by atoms with E-state index in [2.05, 4.69) is 4.74 Å². The smallest absolute Gasteiger partial charge is 0.406 e. The normalized spacial score (nSPS) is 13.8. The molecule has 38 heavy (non-hydrogen) atoms. The molecule has 206 valence electrons. The second-order valence-corrected chi connectivity index (χ2v) is 11.6. The Morgan fingerprint density at radius 3 is 2.00 bits per heavy atom. The summed E-state index contributed by atoms with van der Waals surface area (Å²) in [4.78, 5) is -1.42. The first-order valence-corrected chi connectivity index (χ1v) is 13.4. The quantitative estimate of drug-likeness (QED) is 0.346. The molecule has 0 spiro atoms. The molecule has 3 aromatic carbocycles. The van der Waals surface area contributed by atoms with Crippen LogP contribution in [0.2, 0.25) is 0 Å². The van der Waals surface area contributed by atoms with Crippen LogP contribution in [-0.2, 0) is 26.3 Å². The van der Waals surface area contributed by atoms with Crippen LogP contribution in [0.25, 0.3) is 0 Å². The number of benzene rings is 3. The van der Waals surface area contributed by atoms with Crippen LogP contribution in [0, 0.1) is 5.82 Å². The predicted molar refractivity (Wildman–Crippen MR) is 121 cm³/mol. The number of nitrogens with one attached hydrogen (secondary N) is 1. The molecule has 0 aliphatic rings. The van der Waals surface area contributed by atoms with Crippen molar-refractivity contribution in [3.8, 4) is 5.75 Å². The average Bonchev–Trinajstić information content (AvgIpc) is 2.78. The summed E-state index contributed by atoms with van der Waals surface area (Å²) in [5.74, 6) is -1.97. The van der Waals surface area contributed by atoms with Gasteiger partial charge in [-0.3, -0.25) is 0 Å². The number of sulfonamides is 1. The zero-order valence-electron chi connectivity index (χ0n) is 19.1. The molecule has 6 nitrogen and oxygen atoms in total. The minimum atomic E-state index is -5.61. The van der Waals surface area contributed by atoms with E-state index in [9.17, 15) is 47.6 Å². The Hall–Kier alpha value is -3.17. The first kappa shape index (κ1) is 29.4. The lowest BCUT2D eigenvalue weighted by molar-refractivity contribution is -0.274. The highest BCUT2D eigenvalue weighted by Gasteiger charge is 2.46. The third-order valence-electron chi connectivity index (χ3n) is 5.20. The van der Waals surface area contributed by atoms with Gasteiger partial charge in [-0.25, -0.2) is 25.9 Å². The maximum atomic E-state index is 14.3. The van der Waals surface area contributed by atoms with Gasteiger partial charge in [0.05, 0.1) is 4.90 Å². The topological polar surface area (TPSA) is 89.5 Å². The summed E-state index contributed by atoms with van der Waals surface area (Å²) in [6.07, 6.45) is -5.32. The van der Waals surface area contributed by atoms with Crippen molar-refractivity contribution in [3.05, 3.63) is 89.2 Å². The summed E-state index contributed by atoms with van der Waals surface area (Å²) < 4.78 is 145. The molecule has 0 aliphatic carbocycles. The first-order valence-electron chi connectivity index (χ1n) is 10.5. The average molecular weight is 586 g/mol. The van der Waals surface area contributed by atoms with Crippen LogP contribution >= 0.6 is 0 Å². The number of rotatable bonds is 8. The zero-order valence-corrected chi connectivity index (χ0v) is 20.8. The number of hydrogen-bond acceptors (Lipinski definition) is 5. The Morgan fingerprint density at radius 2 is 1.45 bits per heavy atom. The van der Waals surface area contributed by atoms with Crippen molar-refractivity contribution in [2.45, 2.75) is 41.0 Å². The van der Waals surface area contributed by atoms with Crippen LogP contribution in [0.4, 0.5) is 30.7 Å². The Labute approximate surface area is 213 Å². The highest BCUT2D eigenvalue weighted by molar-refractivity contribution is 7.91. The van der Waals surface area contributed by atoms with Crippen molar-refractivity contribution in [2.75, 3.05) is 0 Å².